The van der Waals surface area contributed by atoms with E-state index in [1.807, 2.05) is 13.8 Å². The second-order valence-corrected chi connectivity index (χ2v) is 8.40. The van der Waals surface area contributed by atoms with E-state index in [1.54, 1.807) is 0 Å². The van der Waals surface area contributed by atoms with Gasteiger partial charge in [-0.2, -0.15) is 25.3 Å². The molecule has 2 atom stereocenters. The fraction of sp³-hybridized carbons (Fsp3) is 0.778. The van der Waals surface area contributed by atoms with Gasteiger partial charge in [-0.1, -0.05) is 39.5 Å². The second kappa shape index (κ2) is 12.9. The molecular weight excluding hydrogens is 408 g/mol. The molecule has 0 amide bonds. The lowest BCUT2D eigenvalue weighted by Gasteiger charge is -2.26. The van der Waals surface area contributed by atoms with Gasteiger partial charge >= 0.3 is 23.9 Å². The van der Waals surface area contributed by atoms with E-state index in [2.05, 4.69) is 25.3 Å². The van der Waals surface area contributed by atoms with Crippen molar-refractivity contribution in [1.82, 2.24) is 0 Å². The number of hydrogen-bond acceptors (Lipinski definition) is 8. The quantitative estimate of drug-likeness (QED) is 0.175. The van der Waals surface area contributed by atoms with Gasteiger partial charge in [-0.15, -0.1) is 0 Å². The number of thiol groups is 2. The molecule has 2 N–H and O–H groups in total. The van der Waals surface area contributed by atoms with Gasteiger partial charge in [-0.05, 0) is 12.8 Å². The average molecular weight is 439 g/mol. The highest BCUT2D eigenvalue weighted by Gasteiger charge is 2.39. The number of hydrogen-bond donors (Lipinski definition) is 4. The van der Waals surface area contributed by atoms with Crippen LogP contribution in [-0.2, 0) is 28.7 Å². The lowest BCUT2D eigenvalue weighted by atomic mass is 9.97. The highest BCUT2D eigenvalue weighted by Crippen LogP contribution is 2.29. The smallest absolute Gasteiger partial charge is 0.322 e. The maximum absolute atomic E-state index is 12.2. The molecule has 0 aromatic heterocycles. The predicted octanol–water partition coefficient (Wildman–Crippen LogP) is 2.74. The third-order valence-corrected chi connectivity index (χ3v) is 5.21. The molecule has 2 unspecified atom stereocenters. The molecule has 0 aliphatic rings. The van der Waals surface area contributed by atoms with Crippen LogP contribution >= 0.6 is 25.3 Å². The Hall–Kier alpha value is -1.42. The number of unbranched alkanes of at least 4 members (excludes halogenated alkanes) is 2. The first-order chi connectivity index (χ1) is 13.0. The number of ether oxygens (including phenoxy) is 2. The van der Waals surface area contributed by atoms with E-state index in [4.69, 9.17) is 19.7 Å². The van der Waals surface area contributed by atoms with E-state index in [0.29, 0.717) is 12.8 Å². The standard InChI is InChI=1S/C18H30O8S2/c1-3-5-7-17(27,11-13(19)20)15(23)25-9-10-26-16(24)18(28,8-6-4-2)12-14(21)22/h27-28H,3-12H2,1-2H3,(H,19,20)(H,21,22). The first kappa shape index (κ1) is 26.6. The Morgan fingerprint density at radius 3 is 1.32 bits per heavy atom. The van der Waals surface area contributed by atoms with Crippen LogP contribution in [0, 0.1) is 0 Å². The van der Waals surface area contributed by atoms with E-state index < -0.39 is 46.2 Å². The summed E-state index contributed by atoms with van der Waals surface area (Å²) in [5.41, 5.74) is 0. The summed E-state index contributed by atoms with van der Waals surface area (Å²) in [6.07, 6.45) is 2.26. The molecule has 162 valence electrons. The lowest BCUT2D eigenvalue weighted by molar-refractivity contribution is -0.158. The summed E-state index contributed by atoms with van der Waals surface area (Å²) in [6.45, 7) is 3.23. The monoisotopic (exact) mass is 438 g/mol. The molecule has 0 saturated heterocycles. The summed E-state index contributed by atoms with van der Waals surface area (Å²) in [5.74, 6) is -3.93. The molecule has 28 heavy (non-hydrogen) atoms. The van der Waals surface area contributed by atoms with Crippen molar-refractivity contribution in [2.24, 2.45) is 0 Å². The van der Waals surface area contributed by atoms with Crippen LogP contribution in [0.3, 0.4) is 0 Å². The number of carboxylic acid groups (broad SMARTS) is 2. The Bertz CT molecular complexity index is 506. The molecule has 0 aliphatic carbocycles. The summed E-state index contributed by atoms with van der Waals surface area (Å²) >= 11 is 8.42. The second-order valence-electron chi connectivity index (χ2n) is 6.68. The zero-order valence-electron chi connectivity index (χ0n) is 16.3. The van der Waals surface area contributed by atoms with Crippen LogP contribution in [0.5, 0.6) is 0 Å². The van der Waals surface area contributed by atoms with Gasteiger partial charge in [0.15, 0.2) is 0 Å². The van der Waals surface area contributed by atoms with Crippen LogP contribution in [0.15, 0.2) is 0 Å². The van der Waals surface area contributed by atoms with Gasteiger partial charge < -0.3 is 19.7 Å². The molecule has 0 aromatic rings. The van der Waals surface area contributed by atoms with Crippen LogP contribution < -0.4 is 0 Å². The third-order valence-electron chi connectivity index (χ3n) is 4.08. The van der Waals surface area contributed by atoms with Crippen LogP contribution in [0.1, 0.15) is 65.2 Å². The number of rotatable bonds is 15. The summed E-state index contributed by atoms with van der Waals surface area (Å²) < 4.78 is 7.16. The van der Waals surface area contributed by atoms with Crippen molar-refractivity contribution in [3.8, 4) is 0 Å². The topological polar surface area (TPSA) is 127 Å². The third kappa shape index (κ3) is 9.68. The molecule has 0 radical (unpaired) electrons. The van der Waals surface area contributed by atoms with Gasteiger partial charge in [-0.3, -0.25) is 19.2 Å². The van der Waals surface area contributed by atoms with Crippen LogP contribution in [-0.4, -0.2) is 56.8 Å². The minimum Gasteiger partial charge on any atom is -0.481 e. The van der Waals surface area contributed by atoms with E-state index in [1.165, 1.54) is 0 Å². The SMILES string of the molecule is CCCCC(S)(CC(=O)O)C(=O)OCCOC(=O)C(S)(CCCC)CC(=O)O. The Kier molecular flexibility index (Phi) is 12.3. The number of carbonyl (C=O) groups is 4. The fourth-order valence-corrected chi connectivity index (χ4v) is 3.22. The summed E-state index contributed by atoms with van der Waals surface area (Å²) in [4.78, 5) is 46.5. The molecule has 0 saturated carbocycles. The van der Waals surface area contributed by atoms with E-state index in [9.17, 15) is 19.2 Å². The number of esters is 2. The Morgan fingerprint density at radius 2 is 1.07 bits per heavy atom. The van der Waals surface area contributed by atoms with Crippen LogP contribution in [0.2, 0.25) is 0 Å². The Morgan fingerprint density at radius 1 is 0.750 bits per heavy atom. The molecule has 0 heterocycles. The van der Waals surface area contributed by atoms with Crippen molar-refractivity contribution in [1.29, 1.82) is 0 Å². The molecule has 8 nitrogen and oxygen atoms in total. The number of carboxylic acids is 2. The zero-order chi connectivity index (χ0) is 21.8. The first-order valence-corrected chi connectivity index (χ1v) is 10.1. The molecule has 0 spiro atoms. The van der Waals surface area contributed by atoms with Gasteiger partial charge in [-0.25, -0.2) is 0 Å². The number of carbonyl (C=O) groups excluding carboxylic acids is 2. The van der Waals surface area contributed by atoms with E-state index in [0.717, 1.165) is 12.8 Å². The lowest BCUT2D eigenvalue weighted by Crippen LogP contribution is -2.39. The van der Waals surface area contributed by atoms with Gasteiger partial charge in [0.25, 0.3) is 0 Å². The van der Waals surface area contributed by atoms with Crippen molar-refractivity contribution in [3.05, 3.63) is 0 Å². The number of aliphatic carboxylic acids is 2. The largest absolute Gasteiger partial charge is 0.481 e. The highest BCUT2D eigenvalue weighted by molar-refractivity contribution is 7.83. The zero-order valence-corrected chi connectivity index (χ0v) is 18.1. The Balaban J connectivity index is 4.70. The average Bonchev–Trinajstić information content (AvgIpc) is 2.60. The molecular formula is C18H30O8S2. The first-order valence-electron chi connectivity index (χ1n) is 9.23. The molecule has 0 aromatic carbocycles. The summed E-state index contributed by atoms with van der Waals surface area (Å²) in [5, 5.41) is 18.0. The van der Waals surface area contributed by atoms with Gasteiger partial charge in [0.1, 0.15) is 22.7 Å². The molecule has 0 bridgehead atoms. The van der Waals surface area contributed by atoms with E-state index >= 15 is 0 Å². The van der Waals surface area contributed by atoms with Crippen molar-refractivity contribution in [2.45, 2.75) is 74.7 Å². The summed E-state index contributed by atoms with van der Waals surface area (Å²) in [6, 6.07) is 0. The predicted molar refractivity (Wildman–Crippen MR) is 109 cm³/mol. The van der Waals surface area contributed by atoms with Gasteiger partial charge in [0, 0.05) is 0 Å². The molecule has 0 rings (SSSR count). The van der Waals surface area contributed by atoms with Crippen molar-refractivity contribution < 1.29 is 38.9 Å². The maximum Gasteiger partial charge on any atom is 0.322 e. The summed E-state index contributed by atoms with van der Waals surface area (Å²) in [7, 11) is 0. The minimum atomic E-state index is -1.45. The molecule has 0 aliphatic heterocycles. The maximum atomic E-state index is 12.2. The Labute approximate surface area is 176 Å². The van der Waals surface area contributed by atoms with Crippen molar-refractivity contribution >= 4 is 49.1 Å². The van der Waals surface area contributed by atoms with Gasteiger partial charge in [0.05, 0.1) is 12.8 Å². The normalized spacial score (nSPS) is 15.1. The van der Waals surface area contributed by atoms with Crippen LogP contribution in [0.4, 0.5) is 0 Å². The van der Waals surface area contributed by atoms with E-state index in [-0.39, 0.29) is 26.1 Å². The van der Waals surface area contributed by atoms with Crippen LogP contribution in [0.25, 0.3) is 0 Å². The van der Waals surface area contributed by atoms with Gasteiger partial charge in [0.2, 0.25) is 0 Å². The minimum absolute atomic E-state index is 0.243. The molecule has 10 heteroatoms. The fourth-order valence-electron chi connectivity index (χ4n) is 2.50. The van der Waals surface area contributed by atoms with Crippen molar-refractivity contribution in [2.75, 3.05) is 13.2 Å². The highest BCUT2D eigenvalue weighted by atomic mass is 32.1. The van der Waals surface area contributed by atoms with Crippen molar-refractivity contribution in [3.63, 3.8) is 0 Å². The molecule has 0 fully saturated rings.